The Hall–Kier alpha value is -3.16. The maximum Gasteiger partial charge on any atom is 0.202 e. The number of fused-ring (bicyclic) bond motifs is 2. The average Bonchev–Trinajstić information content (AvgIpc) is 3.22. The molecule has 4 heterocycles. The number of phenols is 2. The van der Waals surface area contributed by atoms with E-state index in [-0.39, 0.29) is 65.3 Å². The average molecular weight is 911 g/mol. The van der Waals surface area contributed by atoms with Crippen LogP contribution >= 0.6 is 0 Å². The number of benzene rings is 2. The summed E-state index contributed by atoms with van der Waals surface area (Å²) < 4.78 is 53.8. The number of aliphatic hydroxyl groups is 7. The first-order valence-corrected chi connectivity index (χ1v) is 21.8. The van der Waals surface area contributed by atoms with Crippen LogP contribution in [0, 0.1) is 12.8 Å². The normalized spacial score (nSPS) is 40.4. The molecule has 4 fully saturated rings. The van der Waals surface area contributed by atoms with E-state index in [2.05, 4.69) is 0 Å². The number of carbonyl (C=O) groups excluding carboxylic acids is 2. The number of hydrogen-bond acceptors (Lipinski definition) is 20. The summed E-state index contributed by atoms with van der Waals surface area (Å²) in [4.78, 5) is 27.3. The van der Waals surface area contributed by atoms with Gasteiger partial charge >= 0.3 is 0 Å². The minimum atomic E-state index is -1.69. The monoisotopic (exact) mass is 910 g/mol. The molecular weight excluding hydrogens is 848 g/mol. The van der Waals surface area contributed by atoms with Crippen LogP contribution in [0.15, 0.2) is 12.1 Å². The molecule has 0 aromatic heterocycles. The van der Waals surface area contributed by atoms with Gasteiger partial charge in [-0.25, -0.2) is 0 Å². The van der Waals surface area contributed by atoms with Crippen molar-refractivity contribution >= 4 is 22.3 Å². The van der Waals surface area contributed by atoms with Gasteiger partial charge in [0.1, 0.15) is 53.9 Å². The molecule has 0 amide bonds. The lowest BCUT2D eigenvalue weighted by Gasteiger charge is -2.44. The maximum absolute atomic E-state index is 14.7. The molecule has 358 valence electrons. The van der Waals surface area contributed by atoms with Crippen molar-refractivity contribution in [3.8, 4) is 17.2 Å². The van der Waals surface area contributed by atoms with Gasteiger partial charge in [0.05, 0.1) is 65.9 Å². The Morgan fingerprint density at radius 3 is 1.69 bits per heavy atom. The molecule has 20 atom stereocenters. The van der Waals surface area contributed by atoms with E-state index in [0.717, 1.165) is 0 Å². The summed E-state index contributed by atoms with van der Waals surface area (Å²) in [6.07, 6.45) is -20.8. The van der Waals surface area contributed by atoms with Crippen molar-refractivity contribution < 1.29 is 98.2 Å². The number of methoxy groups -OCH3 is 1. The summed E-state index contributed by atoms with van der Waals surface area (Å²) >= 11 is 0. The fourth-order valence-corrected chi connectivity index (χ4v) is 9.51. The van der Waals surface area contributed by atoms with Crippen LogP contribution in [0.2, 0.25) is 0 Å². The maximum atomic E-state index is 14.7. The van der Waals surface area contributed by atoms with Crippen molar-refractivity contribution in [2.45, 2.75) is 190 Å². The highest BCUT2D eigenvalue weighted by molar-refractivity contribution is 6.11. The number of carbonyl (C=O) groups is 2. The molecule has 20 nitrogen and oxygen atoms in total. The lowest BCUT2D eigenvalue weighted by atomic mass is 9.75. The molecule has 2 aromatic rings. The van der Waals surface area contributed by atoms with Gasteiger partial charge in [0.2, 0.25) is 6.29 Å². The second-order valence-corrected chi connectivity index (χ2v) is 17.8. The fourth-order valence-electron chi connectivity index (χ4n) is 9.51. The molecule has 7 rings (SSSR count). The molecule has 0 spiro atoms. The van der Waals surface area contributed by atoms with E-state index in [9.17, 15) is 55.5 Å². The Labute approximate surface area is 369 Å². The molecule has 0 bridgehead atoms. The lowest BCUT2D eigenvalue weighted by molar-refractivity contribution is -0.311. The van der Waals surface area contributed by atoms with Gasteiger partial charge in [0.25, 0.3) is 0 Å². The highest BCUT2D eigenvalue weighted by Crippen LogP contribution is 2.47. The zero-order valence-electron chi connectivity index (χ0n) is 36.8. The van der Waals surface area contributed by atoms with Gasteiger partial charge in [-0.3, -0.25) is 9.59 Å². The fraction of sp³-hybridized carbons (Fsp3) is 0.727. The molecule has 0 unspecified atom stereocenters. The van der Waals surface area contributed by atoms with Gasteiger partial charge < -0.3 is 88.6 Å². The zero-order chi connectivity index (χ0) is 46.6. The van der Waals surface area contributed by atoms with Crippen LogP contribution in [0.5, 0.6) is 17.2 Å². The van der Waals surface area contributed by atoms with E-state index in [1.165, 1.54) is 21.0 Å². The standard InChI is InChI=1S/C44H62O20/c1-15-26(61-31-13-27(39(52)19(5)59-31)62-29-11-24(46)37(50)17(3)57-29)10-22-8-21-9-23(43(56-7)36(49)16(2)45)44(42(55)34(21)41(54)33(22)35(15)48)64-32-14-28(40(53)20(6)60-32)63-30-12-25(47)38(51)18(4)58-30/h8,10,17-20,23-25,27-32,36-40,43-44,46-54H,9,11-14H2,1-7H3/t17-,18-,19-,20-,23+,24-,25-,27-,28-,29+,30+,31+,32+,36+,37-,38+,39-,40-,43+,44+/m1/s1. The number of aromatic hydroxyl groups is 2. The minimum Gasteiger partial charge on any atom is -0.507 e. The molecule has 5 aliphatic rings. The highest BCUT2D eigenvalue weighted by atomic mass is 16.7. The predicted octanol–water partition coefficient (Wildman–Crippen LogP) is 0.119. The van der Waals surface area contributed by atoms with Gasteiger partial charge in [0, 0.05) is 44.3 Å². The summed E-state index contributed by atoms with van der Waals surface area (Å²) in [5.41, 5.74) is 0.266. The molecular formula is C44H62O20. The van der Waals surface area contributed by atoms with Crippen LogP contribution in [-0.4, -0.2) is 181 Å². The Morgan fingerprint density at radius 2 is 1.19 bits per heavy atom. The smallest absolute Gasteiger partial charge is 0.202 e. The topological polar surface area (TPSA) is 299 Å². The Kier molecular flexibility index (Phi) is 14.9. The largest absolute Gasteiger partial charge is 0.507 e. The van der Waals surface area contributed by atoms with Crippen LogP contribution in [0.4, 0.5) is 0 Å². The Morgan fingerprint density at radius 1 is 0.703 bits per heavy atom. The zero-order valence-corrected chi connectivity index (χ0v) is 36.8. The molecule has 0 saturated carbocycles. The van der Waals surface area contributed by atoms with Crippen molar-refractivity contribution in [3.63, 3.8) is 0 Å². The number of phenolic OH excluding ortho intramolecular Hbond substituents is 2. The van der Waals surface area contributed by atoms with Gasteiger partial charge in [-0.2, -0.15) is 0 Å². The molecule has 20 heteroatoms. The van der Waals surface area contributed by atoms with Gasteiger partial charge in [0.15, 0.2) is 30.4 Å². The van der Waals surface area contributed by atoms with Crippen molar-refractivity contribution in [1.82, 2.24) is 0 Å². The summed E-state index contributed by atoms with van der Waals surface area (Å²) in [5.74, 6) is -3.30. The quantitative estimate of drug-likeness (QED) is 0.137. The van der Waals surface area contributed by atoms with Crippen LogP contribution < -0.4 is 4.74 Å². The Balaban J connectivity index is 1.16. The van der Waals surface area contributed by atoms with Crippen LogP contribution in [0.3, 0.4) is 0 Å². The van der Waals surface area contributed by atoms with Gasteiger partial charge in [-0.05, 0) is 71.0 Å². The lowest BCUT2D eigenvalue weighted by Crippen LogP contribution is -2.56. The first-order chi connectivity index (χ1) is 30.2. The van der Waals surface area contributed by atoms with Crippen molar-refractivity contribution in [2.75, 3.05) is 7.11 Å². The van der Waals surface area contributed by atoms with Crippen molar-refractivity contribution in [2.24, 2.45) is 5.92 Å². The van der Waals surface area contributed by atoms with Crippen molar-refractivity contribution in [1.29, 1.82) is 0 Å². The van der Waals surface area contributed by atoms with Crippen LogP contribution in [0.1, 0.15) is 81.8 Å². The van der Waals surface area contributed by atoms with Gasteiger partial charge in [-0.1, -0.05) is 0 Å². The molecule has 9 N–H and O–H groups in total. The number of rotatable bonds is 12. The highest BCUT2D eigenvalue weighted by Gasteiger charge is 2.50. The third kappa shape index (κ3) is 9.65. The summed E-state index contributed by atoms with van der Waals surface area (Å²) in [5, 5.41) is 97.6. The van der Waals surface area contributed by atoms with Gasteiger partial charge in [-0.15, -0.1) is 0 Å². The number of Topliss-reactive ketones (excluding diaryl/α,β-unsaturated/α-hetero) is 2. The van der Waals surface area contributed by atoms with E-state index < -0.39 is 146 Å². The molecule has 64 heavy (non-hydrogen) atoms. The number of ether oxygens (including phenoxy) is 9. The summed E-state index contributed by atoms with van der Waals surface area (Å²) in [7, 11) is 1.27. The second kappa shape index (κ2) is 19.6. The SMILES string of the molecule is CO[C@@H]([C@@H]1Cc2cc3cc(O[C@H]4C[C@@H](O[C@H]5C[C@@H](O)[C@H](O)[C@@H](C)O5)[C@H](O)[C@@H](C)O4)c(C)c(O)c3c(O)c2C(=O)[C@H]1O[C@H]1C[C@@H](O[C@H]2C[C@@H](O)[C@@H](O)[C@@H](C)O2)[C@H](O)[C@@H](C)O1)[C@@H](O)C(C)=O. The van der Waals surface area contributed by atoms with Crippen LogP contribution in [-0.2, 0) is 49.1 Å². The molecule has 4 aliphatic heterocycles. The third-order valence-electron chi connectivity index (χ3n) is 13.3. The van der Waals surface area contributed by atoms with E-state index in [0.29, 0.717) is 0 Å². The molecule has 4 saturated heterocycles. The molecule has 2 aromatic carbocycles. The van der Waals surface area contributed by atoms with Crippen LogP contribution in [0.25, 0.3) is 10.8 Å². The number of aliphatic hydroxyl groups excluding tert-OH is 7. The van der Waals surface area contributed by atoms with E-state index in [1.807, 2.05) is 0 Å². The van der Waals surface area contributed by atoms with E-state index >= 15 is 0 Å². The number of ketones is 2. The van der Waals surface area contributed by atoms with E-state index in [1.54, 1.807) is 39.8 Å². The van der Waals surface area contributed by atoms with Crippen molar-refractivity contribution in [3.05, 3.63) is 28.8 Å². The summed E-state index contributed by atoms with van der Waals surface area (Å²) in [6, 6.07) is 3.12. The number of hydrogen-bond donors (Lipinski definition) is 9. The molecule has 0 radical (unpaired) electrons. The second-order valence-electron chi connectivity index (χ2n) is 17.8. The Bertz CT molecular complexity index is 1970. The minimum absolute atomic E-state index is 0.00331. The first kappa shape index (κ1) is 48.8. The summed E-state index contributed by atoms with van der Waals surface area (Å²) in [6.45, 7) is 9.06. The first-order valence-electron chi connectivity index (χ1n) is 21.8. The third-order valence-corrected chi connectivity index (χ3v) is 13.3. The van der Waals surface area contributed by atoms with E-state index in [4.69, 9.17) is 42.6 Å². The molecule has 1 aliphatic carbocycles. The predicted molar refractivity (Wildman–Crippen MR) is 218 cm³/mol.